The molecule has 0 unspecified atom stereocenters. The number of fused-ring (bicyclic) bond motifs is 1. The molecule has 31 heavy (non-hydrogen) atoms. The van der Waals surface area contributed by atoms with Crippen LogP contribution in [0.25, 0.3) is 16.7 Å². The Morgan fingerprint density at radius 3 is 2.58 bits per heavy atom. The minimum atomic E-state index is -0.176. The van der Waals surface area contributed by atoms with Crippen molar-refractivity contribution in [3.63, 3.8) is 0 Å². The van der Waals surface area contributed by atoms with E-state index < -0.39 is 0 Å². The Morgan fingerprint density at radius 1 is 1.10 bits per heavy atom. The Kier molecular flexibility index (Phi) is 5.95. The first-order valence-electron chi connectivity index (χ1n) is 10.2. The maximum Gasteiger partial charge on any atom is 0.283 e. The van der Waals surface area contributed by atoms with Crippen LogP contribution in [0.1, 0.15) is 18.2 Å². The zero-order valence-electron chi connectivity index (χ0n) is 17.8. The third kappa shape index (κ3) is 4.27. The van der Waals surface area contributed by atoms with E-state index in [0.717, 1.165) is 22.6 Å². The van der Waals surface area contributed by atoms with Crippen LogP contribution < -0.4 is 10.5 Å². The molecule has 7 heteroatoms. The summed E-state index contributed by atoms with van der Waals surface area (Å²) in [5.74, 6) is 0.146. The maximum absolute atomic E-state index is 13.2. The van der Waals surface area contributed by atoms with Gasteiger partial charge < -0.3 is 9.88 Å². The molecule has 2 aromatic carbocycles. The number of benzene rings is 2. The summed E-state index contributed by atoms with van der Waals surface area (Å²) < 4.78 is 1.57. The van der Waals surface area contributed by atoms with Crippen LogP contribution in [0.4, 0.5) is 5.69 Å². The quantitative estimate of drug-likeness (QED) is 0.360. The smallest absolute Gasteiger partial charge is 0.283 e. The van der Waals surface area contributed by atoms with E-state index in [1.165, 1.54) is 11.8 Å². The van der Waals surface area contributed by atoms with Crippen molar-refractivity contribution in [3.8, 4) is 5.69 Å². The summed E-state index contributed by atoms with van der Waals surface area (Å²) in [6.07, 6.45) is 0. The minimum Gasteiger partial charge on any atom is -0.353 e. The number of rotatable bonds is 6. The molecule has 0 atom stereocenters. The van der Waals surface area contributed by atoms with Crippen LogP contribution >= 0.6 is 11.8 Å². The molecule has 158 valence electrons. The van der Waals surface area contributed by atoms with E-state index in [1.54, 1.807) is 9.47 Å². The van der Waals surface area contributed by atoms with E-state index in [2.05, 4.69) is 4.98 Å². The molecule has 0 fully saturated rings. The lowest BCUT2D eigenvalue weighted by Gasteiger charge is -2.21. The average molecular weight is 433 g/mol. The van der Waals surface area contributed by atoms with Crippen LogP contribution in [0.2, 0.25) is 0 Å². The molecule has 2 aromatic heterocycles. The van der Waals surface area contributed by atoms with E-state index in [9.17, 15) is 9.59 Å². The molecule has 0 saturated heterocycles. The van der Waals surface area contributed by atoms with Gasteiger partial charge in [0.1, 0.15) is 5.52 Å². The monoisotopic (exact) mass is 432 g/mol. The van der Waals surface area contributed by atoms with E-state index in [4.69, 9.17) is 4.98 Å². The van der Waals surface area contributed by atoms with Gasteiger partial charge in [-0.25, -0.2) is 4.98 Å². The molecular formula is C24H24N4O2S. The normalized spacial score (nSPS) is 11.1. The van der Waals surface area contributed by atoms with Gasteiger partial charge in [-0.1, -0.05) is 42.1 Å². The molecule has 2 heterocycles. The highest BCUT2D eigenvalue weighted by molar-refractivity contribution is 7.99. The molecule has 0 spiro atoms. The number of nitrogens with zero attached hydrogens (tertiary/aromatic N) is 3. The lowest BCUT2D eigenvalue weighted by Crippen LogP contribution is -2.32. The largest absolute Gasteiger partial charge is 0.353 e. The highest BCUT2D eigenvalue weighted by atomic mass is 32.2. The SMILES string of the molecule is CCN(C(=O)CSc1nc2cc(C)[nH]c2c(=O)n1-c1ccccc1)c1cccc(C)c1. The van der Waals surface area contributed by atoms with Gasteiger partial charge in [-0.05, 0) is 56.7 Å². The molecule has 0 saturated carbocycles. The third-order valence-corrected chi connectivity index (χ3v) is 5.95. The second kappa shape index (κ2) is 8.81. The van der Waals surface area contributed by atoms with Crippen molar-refractivity contribution >= 4 is 34.4 Å². The highest BCUT2D eigenvalue weighted by Crippen LogP contribution is 2.23. The maximum atomic E-state index is 13.2. The van der Waals surface area contributed by atoms with Crippen molar-refractivity contribution in [1.82, 2.24) is 14.5 Å². The van der Waals surface area contributed by atoms with Crippen LogP contribution in [0.5, 0.6) is 0 Å². The Hall–Kier alpha value is -3.32. The number of hydrogen-bond acceptors (Lipinski definition) is 4. The lowest BCUT2D eigenvalue weighted by molar-refractivity contribution is -0.116. The predicted octanol–water partition coefficient (Wildman–Crippen LogP) is 4.48. The molecule has 1 N–H and O–H groups in total. The van der Waals surface area contributed by atoms with Crippen LogP contribution in [0, 0.1) is 13.8 Å². The second-order valence-corrected chi connectivity index (χ2v) is 8.29. The Bertz CT molecular complexity index is 1290. The molecule has 1 amide bonds. The fourth-order valence-electron chi connectivity index (χ4n) is 3.58. The van der Waals surface area contributed by atoms with Gasteiger partial charge >= 0.3 is 0 Å². The summed E-state index contributed by atoms with van der Waals surface area (Å²) >= 11 is 1.28. The number of carbonyl (C=O) groups is 1. The zero-order chi connectivity index (χ0) is 22.0. The van der Waals surface area contributed by atoms with Gasteiger partial charge in [0, 0.05) is 17.9 Å². The van der Waals surface area contributed by atoms with Gasteiger partial charge in [0.2, 0.25) is 5.91 Å². The number of thioether (sulfide) groups is 1. The average Bonchev–Trinajstić information content (AvgIpc) is 3.14. The summed E-state index contributed by atoms with van der Waals surface area (Å²) in [5, 5.41) is 0.497. The number of hydrogen-bond donors (Lipinski definition) is 1. The van der Waals surface area contributed by atoms with Crippen LogP contribution in [-0.2, 0) is 4.79 Å². The van der Waals surface area contributed by atoms with E-state index in [0.29, 0.717) is 22.7 Å². The predicted molar refractivity (Wildman–Crippen MR) is 126 cm³/mol. The number of aryl methyl sites for hydroxylation is 2. The fraction of sp³-hybridized carbons (Fsp3) is 0.208. The number of H-pyrrole nitrogens is 1. The number of amides is 1. The number of aromatic amines is 1. The van der Waals surface area contributed by atoms with Crippen molar-refractivity contribution < 1.29 is 4.79 Å². The standard InChI is InChI=1S/C24H24N4O2S/c1-4-27(19-12-8-9-16(2)13-19)21(29)15-31-24-26-20-14-17(3)25-22(20)23(30)28(24)18-10-6-5-7-11-18/h5-14,25H,4,15H2,1-3H3. The number of nitrogens with one attached hydrogen (secondary N) is 1. The zero-order valence-corrected chi connectivity index (χ0v) is 18.6. The first kappa shape index (κ1) is 20.9. The van der Waals surface area contributed by atoms with Crippen LogP contribution in [0.3, 0.4) is 0 Å². The van der Waals surface area contributed by atoms with Gasteiger partial charge in [-0.2, -0.15) is 0 Å². The molecular weight excluding hydrogens is 408 g/mol. The molecule has 0 radical (unpaired) electrons. The van der Waals surface area contributed by atoms with Crippen molar-refractivity contribution in [3.05, 3.63) is 82.3 Å². The molecule has 0 aliphatic rings. The minimum absolute atomic E-state index is 0.0303. The summed E-state index contributed by atoms with van der Waals surface area (Å²) in [4.78, 5) is 35.8. The van der Waals surface area contributed by atoms with Gasteiger partial charge in [0.15, 0.2) is 5.16 Å². The molecule has 0 bridgehead atoms. The fourth-order valence-corrected chi connectivity index (χ4v) is 4.47. The molecule has 0 aliphatic carbocycles. The van der Waals surface area contributed by atoms with Crippen molar-refractivity contribution in [1.29, 1.82) is 0 Å². The van der Waals surface area contributed by atoms with Gasteiger partial charge in [0.25, 0.3) is 5.56 Å². The topological polar surface area (TPSA) is 71.0 Å². The Balaban J connectivity index is 1.69. The summed E-state index contributed by atoms with van der Waals surface area (Å²) in [6.45, 7) is 6.42. The van der Waals surface area contributed by atoms with Crippen molar-refractivity contribution in [2.45, 2.75) is 25.9 Å². The first-order chi connectivity index (χ1) is 15.0. The van der Waals surface area contributed by atoms with Gasteiger partial charge in [0.05, 0.1) is 17.0 Å². The summed E-state index contributed by atoms with van der Waals surface area (Å²) in [7, 11) is 0. The van der Waals surface area contributed by atoms with Crippen molar-refractivity contribution in [2.75, 3.05) is 17.2 Å². The molecule has 4 rings (SSSR count). The first-order valence-corrected chi connectivity index (χ1v) is 11.1. The van der Waals surface area contributed by atoms with E-state index in [1.807, 2.05) is 81.4 Å². The van der Waals surface area contributed by atoms with Crippen molar-refractivity contribution in [2.24, 2.45) is 0 Å². The van der Waals surface area contributed by atoms with Gasteiger partial charge in [-0.3, -0.25) is 14.2 Å². The van der Waals surface area contributed by atoms with Crippen LogP contribution in [0.15, 0.2) is 70.6 Å². The summed E-state index contributed by atoms with van der Waals surface area (Å²) in [6, 6.07) is 19.1. The van der Waals surface area contributed by atoms with E-state index in [-0.39, 0.29) is 17.2 Å². The third-order valence-electron chi connectivity index (χ3n) is 5.03. The number of carbonyl (C=O) groups excluding carboxylic acids is 1. The number of anilines is 1. The Labute approximate surface area is 184 Å². The summed E-state index contributed by atoms with van der Waals surface area (Å²) in [5.41, 5.74) is 4.46. The molecule has 4 aromatic rings. The lowest BCUT2D eigenvalue weighted by atomic mass is 10.2. The Morgan fingerprint density at radius 2 is 1.87 bits per heavy atom. The number of aromatic nitrogens is 3. The van der Waals surface area contributed by atoms with Gasteiger partial charge in [-0.15, -0.1) is 0 Å². The highest BCUT2D eigenvalue weighted by Gasteiger charge is 2.19. The van der Waals surface area contributed by atoms with Crippen LogP contribution in [-0.4, -0.2) is 32.7 Å². The molecule has 6 nitrogen and oxygen atoms in total. The number of para-hydroxylation sites is 1. The second-order valence-electron chi connectivity index (χ2n) is 7.35. The molecule has 0 aliphatic heterocycles. The van der Waals surface area contributed by atoms with E-state index >= 15 is 0 Å².